The predicted octanol–water partition coefficient (Wildman–Crippen LogP) is 7.90. The average Bonchev–Trinajstić information content (AvgIpc) is 3.38. The van der Waals surface area contributed by atoms with Gasteiger partial charge in [-0.05, 0) is 29.1 Å². The Morgan fingerprint density at radius 3 is 2.37 bits per heavy atom. The Labute approximate surface area is 176 Å². The zero-order valence-electron chi connectivity index (χ0n) is 16.0. The summed E-state index contributed by atoms with van der Waals surface area (Å²) in [7, 11) is 0. The van der Waals surface area contributed by atoms with Gasteiger partial charge in [-0.2, -0.15) is 0 Å². The van der Waals surface area contributed by atoms with Crippen LogP contribution >= 0.6 is 11.3 Å². The summed E-state index contributed by atoms with van der Waals surface area (Å²) >= 11 is 1.89. The van der Waals surface area contributed by atoms with Crippen molar-refractivity contribution in [2.45, 2.75) is 0 Å². The molecule has 0 atom stereocenters. The summed E-state index contributed by atoms with van der Waals surface area (Å²) in [5.41, 5.74) is 4.71. The van der Waals surface area contributed by atoms with Crippen LogP contribution in [0.5, 0.6) is 0 Å². The highest BCUT2D eigenvalue weighted by atomic mass is 32.1. The number of fused-ring (bicyclic) bond motifs is 10. The van der Waals surface area contributed by atoms with E-state index in [1.54, 1.807) is 0 Å². The fourth-order valence-corrected chi connectivity index (χ4v) is 6.01. The molecule has 0 unspecified atom stereocenters. The zero-order valence-corrected chi connectivity index (χ0v) is 16.8. The third-order valence-corrected chi connectivity index (χ3v) is 7.28. The van der Waals surface area contributed by atoms with Gasteiger partial charge < -0.3 is 4.98 Å². The maximum Gasteiger partial charge on any atom is 0.0565 e. The first-order chi connectivity index (χ1) is 14.9. The molecule has 2 nitrogen and oxygen atoms in total. The van der Waals surface area contributed by atoms with Crippen molar-refractivity contribution in [1.29, 1.82) is 0 Å². The van der Waals surface area contributed by atoms with Crippen molar-refractivity contribution < 1.29 is 0 Å². The lowest BCUT2D eigenvalue weighted by Gasteiger charge is -2.04. The van der Waals surface area contributed by atoms with Crippen LogP contribution in [0.4, 0.5) is 0 Å². The number of pyridine rings is 1. The quantitative estimate of drug-likeness (QED) is 0.298. The van der Waals surface area contributed by atoms with E-state index in [1.807, 2.05) is 29.8 Å². The number of aromatic amines is 1. The molecule has 0 saturated heterocycles. The van der Waals surface area contributed by atoms with Crippen LogP contribution in [0.25, 0.3) is 63.9 Å². The summed E-state index contributed by atoms with van der Waals surface area (Å²) in [4.78, 5) is 8.07. The highest BCUT2D eigenvalue weighted by Gasteiger charge is 2.17. The van der Waals surface area contributed by atoms with Gasteiger partial charge in [-0.25, -0.2) is 0 Å². The van der Waals surface area contributed by atoms with Crippen LogP contribution in [0.1, 0.15) is 0 Å². The molecule has 0 aliphatic heterocycles. The monoisotopic (exact) mass is 400 g/mol. The summed E-state index contributed by atoms with van der Waals surface area (Å²) in [6.07, 6.45) is 3.74. The van der Waals surface area contributed by atoms with Crippen LogP contribution < -0.4 is 0 Å². The molecule has 7 rings (SSSR count). The molecular formula is C27H16N2S. The molecule has 0 spiro atoms. The standard InChI is InChI=1S/C27H16N2S/c1-2-8-19-18(7-1)24-20-12-11-16(17-6-5-13-28-15-17)14-22(20)29-26(24)25-21-9-3-4-10-23(21)30-27(19)25/h1-15,29H. The van der Waals surface area contributed by atoms with Gasteiger partial charge in [0.2, 0.25) is 0 Å². The molecule has 0 fully saturated rings. The van der Waals surface area contributed by atoms with Crippen molar-refractivity contribution in [3.05, 3.63) is 91.3 Å². The lowest BCUT2D eigenvalue weighted by atomic mass is 9.99. The Morgan fingerprint density at radius 2 is 1.50 bits per heavy atom. The van der Waals surface area contributed by atoms with Crippen molar-refractivity contribution in [2.24, 2.45) is 0 Å². The van der Waals surface area contributed by atoms with E-state index in [4.69, 9.17) is 0 Å². The highest BCUT2D eigenvalue weighted by molar-refractivity contribution is 7.27. The van der Waals surface area contributed by atoms with E-state index in [0.717, 1.165) is 5.56 Å². The van der Waals surface area contributed by atoms with Crippen LogP contribution in [0.15, 0.2) is 91.3 Å². The molecule has 0 aliphatic carbocycles. The van der Waals surface area contributed by atoms with Crippen LogP contribution in [0, 0.1) is 0 Å². The van der Waals surface area contributed by atoms with Gasteiger partial charge >= 0.3 is 0 Å². The van der Waals surface area contributed by atoms with Crippen LogP contribution in [-0.4, -0.2) is 9.97 Å². The molecule has 1 N–H and O–H groups in total. The SMILES string of the molecule is c1cncc(-c2ccc3c(c2)[nH]c2c3c3ccccc3c3sc4ccccc4c23)c1. The third-order valence-electron chi connectivity index (χ3n) is 6.08. The van der Waals surface area contributed by atoms with Gasteiger partial charge in [-0.15, -0.1) is 11.3 Å². The molecule has 140 valence electrons. The second-order valence-corrected chi connectivity index (χ2v) is 8.78. The Hall–Kier alpha value is -3.69. The molecule has 30 heavy (non-hydrogen) atoms. The lowest BCUT2D eigenvalue weighted by molar-refractivity contribution is 1.33. The van der Waals surface area contributed by atoms with Crippen LogP contribution in [-0.2, 0) is 0 Å². The number of thiophene rings is 1. The number of hydrogen-bond donors (Lipinski definition) is 1. The first-order valence-corrected chi connectivity index (χ1v) is 10.9. The molecule has 0 amide bonds. The topological polar surface area (TPSA) is 28.7 Å². The first-order valence-electron chi connectivity index (χ1n) is 10.1. The van der Waals surface area contributed by atoms with Crippen LogP contribution in [0.2, 0.25) is 0 Å². The zero-order chi connectivity index (χ0) is 19.7. The fourth-order valence-electron chi connectivity index (χ4n) is 4.76. The molecule has 0 bridgehead atoms. The number of nitrogens with zero attached hydrogens (tertiary/aromatic N) is 1. The Balaban J connectivity index is 1.70. The summed E-state index contributed by atoms with van der Waals surface area (Å²) in [6.45, 7) is 0. The molecule has 0 saturated carbocycles. The highest BCUT2D eigenvalue weighted by Crippen LogP contribution is 2.45. The number of rotatable bonds is 1. The first kappa shape index (κ1) is 16.1. The third kappa shape index (κ3) is 2.10. The normalized spacial score (nSPS) is 12.0. The molecule has 3 aromatic heterocycles. The van der Waals surface area contributed by atoms with E-state index in [-0.39, 0.29) is 0 Å². The summed E-state index contributed by atoms with van der Waals surface area (Å²) in [5, 5.41) is 7.89. The Morgan fingerprint density at radius 1 is 0.667 bits per heavy atom. The fraction of sp³-hybridized carbons (Fsp3) is 0. The molecule has 4 aromatic carbocycles. The second-order valence-electron chi connectivity index (χ2n) is 7.72. The minimum atomic E-state index is 1.13. The number of hydrogen-bond acceptors (Lipinski definition) is 2. The van der Waals surface area contributed by atoms with Gasteiger partial charge in [-0.3, -0.25) is 4.98 Å². The van der Waals surface area contributed by atoms with Crippen molar-refractivity contribution in [3.63, 3.8) is 0 Å². The van der Waals surface area contributed by atoms with Gasteiger partial charge in [0, 0.05) is 59.8 Å². The second kappa shape index (κ2) is 5.91. The van der Waals surface area contributed by atoms with E-state index in [0.29, 0.717) is 0 Å². The molecule has 0 aliphatic rings. The smallest absolute Gasteiger partial charge is 0.0565 e. The molecular weight excluding hydrogens is 384 g/mol. The Bertz CT molecular complexity index is 1740. The molecule has 3 heterocycles. The molecule has 0 radical (unpaired) electrons. The van der Waals surface area contributed by atoms with Crippen LogP contribution in [0.3, 0.4) is 0 Å². The lowest BCUT2D eigenvalue weighted by Crippen LogP contribution is -1.79. The number of benzene rings is 4. The maximum absolute atomic E-state index is 4.28. The van der Waals surface area contributed by atoms with E-state index >= 15 is 0 Å². The summed E-state index contributed by atoms with van der Waals surface area (Å²) in [5.74, 6) is 0. The van der Waals surface area contributed by atoms with Gasteiger partial charge in [0.25, 0.3) is 0 Å². The van der Waals surface area contributed by atoms with E-state index in [1.165, 1.54) is 58.3 Å². The average molecular weight is 401 g/mol. The van der Waals surface area contributed by atoms with Crippen molar-refractivity contribution in [2.75, 3.05) is 0 Å². The molecule has 3 heteroatoms. The van der Waals surface area contributed by atoms with Crippen molar-refractivity contribution >= 4 is 64.1 Å². The van der Waals surface area contributed by atoms with Gasteiger partial charge in [0.05, 0.1) is 5.52 Å². The van der Waals surface area contributed by atoms with Gasteiger partial charge in [0.1, 0.15) is 0 Å². The van der Waals surface area contributed by atoms with E-state index in [9.17, 15) is 0 Å². The summed E-state index contributed by atoms with van der Waals surface area (Å²) < 4.78 is 2.69. The van der Waals surface area contributed by atoms with E-state index < -0.39 is 0 Å². The predicted molar refractivity (Wildman–Crippen MR) is 129 cm³/mol. The maximum atomic E-state index is 4.28. The Kier molecular flexibility index (Phi) is 3.18. The van der Waals surface area contributed by atoms with E-state index in [2.05, 4.69) is 82.8 Å². The number of nitrogens with one attached hydrogen (secondary N) is 1. The summed E-state index contributed by atoms with van der Waals surface area (Å²) in [6, 6.07) is 28.3. The number of H-pyrrole nitrogens is 1. The van der Waals surface area contributed by atoms with Gasteiger partial charge in [-0.1, -0.05) is 60.7 Å². The number of aromatic nitrogens is 2. The molecule has 7 aromatic rings. The minimum Gasteiger partial charge on any atom is -0.354 e. The minimum absolute atomic E-state index is 1.13. The van der Waals surface area contributed by atoms with Crippen molar-refractivity contribution in [1.82, 2.24) is 9.97 Å². The van der Waals surface area contributed by atoms with Crippen molar-refractivity contribution in [3.8, 4) is 11.1 Å². The van der Waals surface area contributed by atoms with Gasteiger partial charge in [0.15, 0.2) is 0 Å². The largest absolute Gasteiger partial charge is 0.354 e.